The Morgan fingerprint density at radius 3 is 1.40 bits per heavy atom. The molecular weight excluding hydrogens is 613 g/mol. The number of hydrogen-bond donors (Lipinski definition) is 0. The Labute approximate surface area is 287 Å². The normalized spacial score (nSPS) is 11.1. The maximum absolute atomic E-state index is 11.1. The van der Waals surface area contributed by atoms with E-state index in [9.17, 15) is 15.8 Å². The van der Waals surface area contributed by atoms with Crippen LogP contribution in [0.3, 0.4) is 0 Å². The van der Waals surface area contributed by atoms with Crippen molar-refractivity contribution in [2.75, 3.05) is 0 Å². The fraction of sp³-hybridized carbons (Fsp3) is 0. The van der Waals surface area contributed by atoms with Crippen LogP contribution in [0.5, 0.6) is 0 Å². The van der Waals surface area contributed by atoms with Gasteiger partial charge in [0.2, 0.25) is 0 Å². The van der Waals surface area contributed by atoms with Crippen LogP contribution in [0.2, 0.25) is 0 Å². The van der Waals surface area contributed by atoms with Crippen LogP contribution in [0.15, 0.2) is 146 Å². The van der Waals surface area contributed by atoms with Crippen LogP contribution < -0.4 is 0 Å². The summed E-state index contributed by atoms with van der Waals surface area (Å²) in [5.74, 6) is 0. The molecule has 0 N–H and O–H groups in total. The number of hydrogen-bond acceptors (Lipinski definition) is 4. The zero-order chi connectivity index (χ0) is 33.8. The van der Waals surface area contributed by atoms with Gasteiger partial charge in [-0.1, -0.05) is 72.8 Å². The van der Waals surface area contributed by atoms with E-state index in [1.165, 1.54) is 0 Å². The van der Waals surface area contributed by atoms with Gasteiger partial charge in [-0.25, -0.2) is 4.98 Å². The van der Waals surface area contributed by atoms with E-state index in [4.69, 9.17) is 4.98 Å². The summed E-state index contributed by atoms with van der Waals surface area (Å²) in [6.07, 6.45) is 0. The lowest BCUT2D eigenvalue weighted by molar-refractivity contribution is 1.12. The molecule has 0 saturated carbocycles. The fourth-order valence-electron chi connectivity index (χ4n) is 7.20. The maximum Gasteiger partial charge on any atom is 0.104 e. The number of rotatable bonds is 4. The van der Waals surface area contributed by atoms with Crippen LogP contribution in [0.1, 0.15) is 16.7 Å². The molecule has 230 valence electrons. The van der Waals surface area contributed by atoms with Crippen LogP contribution in [0.4, 0.5) is 0 Å². The van der Waals surface area contributed by atoms with Gasteiger partial charge in [-0.05, 0) is 72.8 Å². The average Bonchev–Trinajstić information content (AvgIpc) is 3.69. The zero-order valence-corrected chi connectivity index (χ0v) is 26.5. The number of pyridine rings is 1. The quantitative estimate of drug-likeness (QED) is 0.192. The third-order valence-electron chi connectivity index (χ3n) is 9.41. The first-order chi connectivity index (χ1) is 24.7. The van der Waals surface area contributed by atoms with Crippen molar-refractivity contribution in [1.82, 2.24) is 14.1 Å². The van der Waals surface area contributed by atoms with Gasteiger partial charge < -0.3 is 9.13 Å². The molecule has 6 aromatic carbocycles. The van der Waals surface area contributed by atoms with Gasteiger partial charge in [0, 0.05) is 32.7 Å². The third kappa shape index (κ3) is 4.36. The van der Waals surface area contributed by atoms with Crippen LogP contribution in [0, 0.1) is 34.0 Å². The first-order valence-electron chi connectivity index (χ1n) is 16.1. The van der Waals surface area contributed by atoms with Gasteiger partial charge in [0.15, 0.2) is 0 Å². The van der Waals surface area contributed by atoms with Crippen molar-refractivity contribution < 1.29 is 0 Å². The van der Waals surface area contributed by atoms with Gasteiger partial charge >= 0.3 is 0 Å². The second kappa shape index (κ2) is 11.4. The second-order valence-corrected chi connectivity index (χ2v) is 12.2. The zero-order valence-electron chi connectivity index (χ0n) is 26.5. The van der Waals surface area contributed by atoms with Crippen LogP contribution in [0.25, 0.3) is 77.5 Å². The van der Waals surface area contributed by atoms with E-state index in [2.05, 4.69) is 39.5 Å². The molecule has 0 aliphatic rings. The summed E-state index contributed by atoms with van der Waals surface area (Å²) in [7, 11) is 0. The molecule has 0 aliphatic carbocycles. The molecule has 9 rings (SSSR count). The average molecular weight is 637 g/mol. The molecule has 0 atom stereocenters. The van der Waals surface area contributed by atoms with Crippen molar-refractivity contribution in [3.63, 3.8) is 0 Å². The monoisotopic (exact) mass is 636 g/mol. The molecule has 9 aromatic rings. The molecule has 3 heterocycles. The van der Waals surface area contributed by atoms with Crippen LogP contribution >= 0.6 is 0 Å². The molecule has 6 nitrogen and oxygen atoms in total. The Hall–Kier alpha value is -7.46. The summed E-state index contributed by atoms with van der Waals surface area (Å²) < 4.78 is 4.25. The maximum atomic E-state index is 11.1. The SMILES string of the molecule is N#Cc1ccc2c(c1)c1ccccc1n2-c1cc(-c2cccc(-c3ccccc3)n2)cc(-n2c3ccccc3c3cc(C#N)ccc32)c1C#N. The highest BCUT2D eigenvalue weighted by molar-refractivity contribution is 6.11. The van der Waals surface area contributed by atoms with E-state index < -0.39 is 0 Å². The summed E-state index contributed by atoms with van der Waals surface area (Å²) in [6, 6.07) is 54.9. The van der Waals surface area contributed by atoms with E-state index in [0.29, 0.717) is 28.1 Å². The Kier molecular flexibility index (Phi) is 6.53. The van der Waals surface area contributed by atoms with Crippen molar-refractivity contribution in [3.05, 3.63) is 162 Å². The lowest BCUT2D eigenvalue weighted by atomic mass is 10.0. The molecule has 0 fully saturated rings. The van der Waals surface area contributed by atoms with Crippen molar-refractivity contribution >= 4 is 43.6 Å². The minimum Gasteiger partial charge on any atom is -0.308 e. The number of fused-ring (bicyclic) bond motifs is 6. The topological polar surface area (TPSA) is 94.1 Å². The summed E-state index contributed by atoms with van der Waals surface area (Å²) in [6.45, 7) is 0. The van der Waals surface area contributed by atoms with Gasteiger partial charge in [0.1, 0.15) is 11.6 Å². The number of benzene rings is 6. The third-order valence-corrected chi connectivity index (χ3v) is 9.41. The summed E-state index contributed by atoms with van der Waals surface area (Å²) in [5, 5.41) is 34.5. The summed E-state index contributed by atoms with van der Waals surface area (Å²) >= 11 is 0. The predicted molar refractivity (Wildman–Crippen MR) is 198 cm³/mol. The number of aromatic nitrogens is 3. The van der Waals surface area contributed by atoms with Gasteiger partial charge in [-0.2, -0.15) is 15.8 Å². The first kappa shape index (κ1) is 28.7. The van der Waals surface area contributed by atoms with Crippen molar-refractivity contribution in [3.8, 4) is 52.1 Å². The standard InChI is InChI=1S/C44H24N6/c45-25-28-17-19-41-34(21-28)32-11-4-6-15-39(32)49(41)43-23-31(38-14-8-13-37(48-38)30-9-2-1-3-10-30)24-44(36(43)27-47)50-40-16-7-5-12-33(40)35-22-29(26-46)18-20-42(35)50/h1-24H. The van der Waals surface area contributed by atoms with Crippen molar-refractivity contribution in [2.45, 2.75) is 0 Å². The number of para-hydroxylation sites is 2. The molecular formula is C44H24N6. The highest BCUT2D eigenvalue weighted by atomic mass is 15.0. The largest absolute Gasteiger partial charge is 0.308 e. The molecule has 0 spiro atoms. The summed E-state index contributed by atoms with van der Waals surface area (Å²) in [4.78, 5) is 5.13. The minimum absolute atomic E-state index is 0.479. The van der Waals surface area contributed by atoms with E-state index in [-0.39, 0.29) is 0 Å². The molecule has 50 heavy (non-hydrogen) atoms. The first-order valence-corrected chi connectivity index (χ1v) is 16.1. The van der Waals surface area contributed by atoms with Gasteiger partial charge in [-0.3, -0.25) is 0 Å². The minimum atomic E-state index is 0.479. The van der Waals surface area contributed by atoms with Crippen molar-refractivity contribution in [1.29, 1.82) is 15.8 Å². The smallest absolute Gasteiger partial charge is 0.104 e. The van der Waals surface area contributed by atoms with Crippen LogP contribution in [-0.4, -0.2) is 14.1 Å². The Balaban J connectivity index is 1.43. The summed E-state index contributed by atoms with van der Waals surface area (Å²) in [5.41, 5.74) is 10.1. The number of nitriles is 3. The van der Waals surface area contributed by atoms with Gasteiger partial charge in [-0.15, -0.1) is 0 Å². The molecule has 0 amide bonds. The van der Waals surface area contributed by atoms with Crippen molar-refractivity contribution in [2.24, 2.45) is 0 Å². The Morgan fingerprint density at radius 2 is 0.880 bits per heavy atom. The van der Waals surface area contributed by atoms with E-state index in [1.807, 2.05) is 133 Å². The fourth-order valence-corrected chi connectivity index (χ4v) is 7.20. The highest BCUT2D eigenvalue weighted by Gasteiger charge is 2.23. The molecule has 0 radical (unpaired) electrons. The van der Waals surface area contributed by atoms with Gasteiger partial charge in [0.05, 0.1) is 68.1 Å². The Morgan fingerprint density at radius 1 is 0.400 bits per heavy atom. The molecule has 0 aliphatic heterocycles. The molecule has 0 bridgehead atoms. The lowest BCUT2D eigenvalue weighted by Crippen LogP contribution is -2.05. The van der Waals surface area contributed by atoms with Crippen LogP contribution in [-0.2, 0) is 0 Å². The molecule has 6 heteroatoms. The van der Waals surface area contributed by atoms with E-state index in [1.54, 1.807) is 0 Å². The predicted octanol–water partition coefficient (Wildman–Crippen LogP) is 10.2. The molecule has 0 unspecified atom stereocenters. The molecule has 3 aromatic heterocycles. The lowest BCUT2D eigenvalue weighted by Gasteiger charge is -2.18. The second-order valence-electron chi connectivity index (χ2n) is 12.2. The highest BCUT2D eigenvalue weighted by Crippen LogP contribution is 2.40. The molecule has 0 saturated heterocycles. The number of nitrogens with zero attached hydrogens (tertiary/aromatic N) is 6. The Bertz CT molecular complexity index is 2810. The van der Waals surface area contributed by atoms with E-state index in [0.717, 1.165) is 66.1 Å². The van der Waals surface area contributed by atoms with E-state index >= 15 is 0 Å². The van der Waals surface area contributed by atoms with Gasteiger partial charge in [0.25, 0.3) is 0 Å².